The van der Waals surface area contributed by atoms with Crippen LogP contribution in [-0.4, -0.2) is 56.1 Å². The van der Waals surface area contributed by atoms with Crippen LogP contribution < -0.4 is 15.4 Å². The molecule has 0 aliphatic heterocycles. The number of guanidine groups is 1. The highest BCUT2D eigenvalue weighted by molar-refractivity contribution is 14.0. The van der Waals surface area contributed by atoms with Crippen molar-refractivity contribution in [3.8, 4) is 5.75 Å². The molecular weight excluding hydrogens is 525 g/mol. The quantitative estimate of drug-likeness (QED) is 0.221. The van der Waals surface area contributed by atoms with Crippen molar-refractivity contribution in [2.75, 3.05) is 32.8 Å². The van der Waals surface area contributed by atoms with Crippen LogP contribution in [-0.2, 0) is 4.74 Å². The molecule has 0 aromatic heterocycles. The monoisotopic (exact) mass is 557 g/mol. The van der Waals surface area contributed by atoms with Crippen molar-refractivity contribution in [1.82, 2.24) is 10.6 Å². The van der Waals surface area contributed by atoms with Crippen molar-refractivity contribution in [2.24, 2.45) is 10.9 Å². The summed E-state index contributed by atoms with van der Waals surface area (Å²) in [6.45, 7) is 10.7. The zero-order valence-electron chi connectivity index (χ0n) is 16.6. The fourth-order valence-corrected chi connectivity index (χ4v) is 2.45. The third-order valence-corrected chi connectivity index (χ3v) is 3.94. The van der Waals surface area contributed by atoms with Crippen LogP contribution in [0.2, 0.25) is 0 Å². The Labute approximate surface area is 188 Å². The number of rotatable bonds is 11. The Bertz CT molecular complexity index is 547. The maximum absolute atomic E-state index is 9.96. The lowest BCUT2D eigenvalue weighted by Gasteiger charge is -2.19. The van der Waals surface area contributed by atoms with Gasteiger partial charge in [-0.15, -0.1) is 24.0 Å². The van der Waals surface area contributed by atoms with Crippen LogP contribution in [0.5, 0.6) is 5.75 Å². The first-order valence-electron chi connectivity index (χ1n) is 9.11. The summed E-state index contributed by atoms with van der Waals surface area (Å²) < 4.78 is 12.3. The Kier molecular flexibility index (Phi) is 15.0. The SMILES string of the molecule is CCNC(=NCC(O)COCC(C)C)NCC(C)Oc1ccccc1Br.I. The molecule has 0 heterocycles. The molecule has 2 atom stereocenters. The van der Waals surface area contributed by atoms with Gasteiger partial charge in [0.2, 0.25) is 0 Å². The van der Waals surface area contributed by atoms with E-state index in [9.17, 15) is 5.11 Å². The molecule has 0 bridgehead atoms. The third-order valence-electron chi connectivity index (χ3n) is 3.29. The molecule has 1 aromatic carbocycles. The second-order valence-corrected chi connectivity index (χ2v) is 7.40. The molecule has 0 saturated heterocycles. The first-order chi connectivity index (χ1) is 12.4. The minimum atomic E-state index is -0.613. The number of aliphatic imine (C=N–C) groups is 1. The molecule has 0 spiro atoms. The lowest BCUT2D eigenvalue weighted by Crippen LogP contribution is -2.42. The first kappa shape index (κ1) is 26.4. The van der Waals surface area contributed by atoms with Gasteiger partial charge in [0.05, 0.1) is 30.3 Å². The Morgan fingerprint density at radius 1 is 1.19 bits per heavy atom. The summed E-state index contributed by atoms with van der Waals surface area (Å²) in [5.41, 5.74) is 0. The molecular formula is C19H33BrIN3O3. The molecule has 27 heavy (non-hydrogen) atoms. The second-order valence-electron chi connectivity index (χ2n) is 6.54. The fourth-order valence-electron chi connectivity index (χ4n) is 2.07. The van der Waals surface area contributed by atoms with Gasteiger partial charge < -0.3 is 25.2 Å². The van der Waals surface area contributed by atoms with Crippen LogP contribution in [0.4, 0.5) is 0 Å². The number of ether oxygens (including phenoxy) is 2. The Morgan fingerprint density at radius 3 is 2.52 bits per heavy atom. The molecule has 8 heteroatoms. The van der Waals surface area contributed by atoms with E-state index in [2.05, 4.69) is 45.4 Å². The van der Waals surface area contributed by atoms with E-state index in [0.29, 0.717) is 31.6 Å². The Hall–Kier alpha value is -0.580. The van der Waals surface area contributed by atoms with Crippen molar-refractivity contribution in [3.05, 3.63) is 28.7 Å². The molecule has 0 fully saturated rings. The van der Waals surface area contributed by atoms with Gasteiger partial charge in [0.25, 0.3) is 0 Å². The standard InChI is InChI=1S/C19H32BrN3O3.HI/c1-5-21-19(23-11-16(24)13-25-12-14(2)3)22-10-15(4)26-18-9-7-6-8-17(18)20;/h6-9,14-16,24H,5,10-13H2,1-4H3,(H2,21,22,23);1H. The lowest BCUT2D eigenvalue weighted by molar-refractivity contribution is 0.0301. The summed E-state index contributed by atoms with van der Waals surface area (Å²) in [4.78, 5) is 4.41. The van der Waals surface area contributed by atoms with E-state index in [-0.39, 0.29) is 36.6 Å². The van der Waals surface area contributed by atoms with Crippen LogP contribution in [0.1, 0.15) is 27.7 Å². The molecule has 0 aliphatic rings. The van der Waals surface area contributed by atoms with Gasteiger partial charge >= 0.3 is 0 Å². The van der Waals surface area contributed by atoms with Gasteiger partial charge in [-0.05, 0) is 47.8 Å². The van der Waals surface area contributed by atoms with E-state index in [1.807, 2.05) is 38.1 Å². The average Bonchev–Trinajstić information content (AvgIpc) is 2.59. The summed E-state index contributed by atoms with van der Waals surface area (Å²) in [5, 5.41) is 16.4. The van der Waals surface area contributed by atoms with E-state index < -0.39 is 6.10 Å². The predicted octanol–water partition coefficient (Wildman–Crippen LogP) is 3.42. The predicted molar refractivity (Wildman–Crippen MR) is 125 cm³/mol. The van der Waals surface area contributed by atoms with E-state index >= 15 is 0 Å². The van der Waals surface area contributed by atoms with E-state index in [4.69, 9.17) is 9.47 Å². The highest BCUT2D eigenvalue weighted by Gasteiger charge is 2.09. The van der Waals surface area contributed by atoms with Crippen molar-refractivity contribution < 1.29 is 14.6 Å². The summed E-state index contributed by atoms with van der Waals surface area (Å²) in [6.07, 6.45) is -0.657. The average molecular weight is 558 g/mol. The van der Waals surface area contributed by atoms with Crippen molar-refractivity contribution in [1.29, 1.82) is 0 Å². The maximum atomic E-state index is 9.96. The van der Waals surface area contributed by atoms with E-state index in [0.717, 1.165) is 16.8 Å². The van der Waals surface area contributed by atoms with Crippen molar-refractivity contribution in [2.45, 2.75) is 39.9 Å². The smallest absolute Gasteiger partial charge is 0.191 e. The summed E-state index contributed by atoms with van der Waals surface area (Å²) in [6, 6.07) is 7.76. The number of nitrogens with one attached hydrogen (secondary N) is 2. The summed E-state index contributed by atoms with van der Waals surface area (Å²) in [7, 11) is 0. The van der Waals surface area contributed by atoms with Gasteiger partial charge in [0.15, 0.2) is 5.96 Å². The second kappa shape index (κ2) is 15.4. The molecule has 0 amide bonds. The number of hydrogen-bond donors (Lipinski definition) is 3. The van der Waals surface area contributed by atoms with E-state index in [1.54, 1.807) is 0 Å². The van der Waals surface area contributed by atoms with Gasteiger partial charge in [-0.1, -0.05) is 26.0 Å². The highest BCUT2D eigenvalue weighted by Crippen LogP contribution is 2.24. The van der Waals surface area contributed by atoms with Gasteiger partial charge in [0, 0.05) is 13.2 Å². The lowest BCUT2D eigenvalue weighted by atomic mass is 10.2. The number of benzene rings is 1. The van der Waals surface area contributed by atoms with Gasteiger partial charge in [-0.2, -0.15) is 0 Å². The van der Waals surface area contributed by atoms with Crippen LogP contribution in [0, 0.1) is 5.92 Å². The Balaban J connectivity index is 0.00000676. The largest absolute Gasteiger partial charge is 0.488 e. The third kappa shape index (κ3) is 12.5. The van der Waals surface area contributed by atoms with Gasteiger partial charge in [-0.25, -0.2) is 0 Å². The van der Waals surface area contributed by atoms with Crippen molar-refractivity contribution in [3.63, 3.8) is 0 Å². The zero-order valence-corrected chi connectivity index (χ0v) is 20.5. The molecule has 0 radical (unpaired) electrons. The van der Waals surface area contributed by atoms with Crippen LogP contribution in [0.15, 0.2) is 33.7 Å². The number of nitrogens with zero attached hydrogens (tertiary/aromatic N) is 1. The first-order valence-corrected chi connectivity index (χ1v) is 9.90. The number of halogens is 2. The maximum Gasteiger partial charge on any atom is 0.191 e. The molecule has 0 aliphatic carbocycles. The van der Waals surface area contributed by atoms with E-state index in [1.165, 1.54) is 0 Å². The minimum Gasteiger partial charge on any atom is -0.488 e. The molecule has 6 nitrogen and oxygen atoms in total. The van der Waals surface area contributed by atoms with Gasteiger partial charge in [0.1, 0.15) is 11.9 Å². The fraction of sp³-hybridized carbons (Fsp3) is 0.632. The summed E-state index contributed by atoms with van der Waals surface area (Å²) >= 11 is 3.48. The molecule has 2 unspecified atom stereocenters. The van der Waals surface area contributed by atoms with Crippen LogP contribution in [0.3, 0.4) is 0 Å². The zero-order chi connectivity index (χ0) is 19.4. The van der Waals surface area contributed by atoms with Crippen molar-refractivity contribution >= 4 is 45.9 Å². The molecule has 3 N–H and O–H groups in total. The molecule has 156 valence electrons. The van der Waals surface area contributed by atoms with Crippen LogP contribution >= 0.6 is 39.9 Å². The topological polar surface area (TPSA) is 75.1 Å². The van der Waals surface area contributed by atoms with Crippen LogP contribution in [0.25, 0.3) is 0 Å². The number of hydrogen-bond acceptors (Lipinski definition) is 4. The number of aliphatic hydroxyl groups is 1. The molecule has 1 rings (SSSR count). The number of para-hydroxylation sites is 1. The molecule has 0 saturated carbocycles. The molecule has 1 aromatic rings. The highest BCUT2D eigenvalue weighted by atomic mass is 127. The normalized spacial score (nSPS) is 13.7. The summed E-state index contributed by atoms with van der Waals surface area (Å²) in [5.74, 6) is 1.91. The van der Waals surface area contributed by atoms with Gasteiger partial charge in [-0.3, -0.25) is 4.99 Å². The Morgan fingerprint density at radius 2 is 1.89 bits per heavy atom. The minimum absolute atomic E-state index is 0. The number of aliphatic hydroxyl groups excluding tert-OH is 1.